The summed E-state index contributed by atoms with van der Waals surface area (Å²) in [6.07, 6.45) is 0. The summed E-state index contributed by atoms with van der Waals surface area (Å²) < 4.78 is 10.5. The summed E-state index contributed by atoms with van der Waals surface area (Å²) in [5.41, 5.74) is 7.13. The third kappa shape index (κ3) is 2.90. The van der Waals surface area contributed by atoms with E-state index in [1.54, 1.807) is 31.2 Å². The number of aryl methyl sites for hydroxylation is 1. The fourth-order valence-corrected chi connectivity index (χ4v) is 1.53. The number of rotatable bonds is 3. The minimum atomic E-state index is 0.112. The van der Waals surface area contributed by atoms with Gasteiger partial charge in [-0.15, -0.1) is 0 Å². The van der Waals surface area contributed by atoms with Crippen LogP contribution in [0.2, 0.25) is 0 Å². The maximum absolute atomic E-state index is 8.83. The van der Waals surface area contributed by atoms with Gasteiger partial charge < -0.3 is 15.2 Å². The van der Waals surface area contributed by atoms with Crippen LogP contribution in [0.5, 0.6) is 17.5 Å². The molecule has 6 heteroatoms. The van der Waals surface area contributed by atoms with E-state index in [0.29, 0.717) is 22.9 Å². The normalized spacial score (nSPS) is 9.74. The predicted molar refractivity (Wildman–Crippen MR) is 69.0 cm³/mol. The quantitative estimate of drug-likeness (QED) is 0.844. The van der Waals surface area contributed by atoms with Gasteiger partial charge in [0.2, 0.25) is 0 Å². The molecule has 0 fully saturated rings. The molecule has 2 N–H and O–H groups in total. The second kappa shape index (κ2) is 5.23. The SMILES string of the molecule is COc1ccc(Oc2nc(C)cc(C#N)n2)cc1N. The highest BCUT2D eigenvalue weighted by Gasteiger charge is 2.06. The number of nitrogens with two attached hydrogens (primary N) is 1. The maximum Gasteiger partial charge on any atom is 0.323 e. The second-order valence-electron chi connectivity index (χ2n) is 3.79. The lowest BCUT2D eigenvalue weighted by Crippen LogP contribution is -1.97. The molecule has 1 aromatic heterocycles. The smallest absolute Gasteiger partial charge is 0.323 e. The molecule has 0 bridgehead atoms. The van der Waals surface area contributed by atoms with Crippen LogP contribution in [0.15, 0.2) is 24.3 Å². The summed E-state index contributed by atoms with van der Waals surface area (Å²) in [7, 11) is 1.54. The van der Waals surface area contributed by atoms with E-state index in [0.717, 1.165) is 0 Å². The van der Waals surface area contributed by atoms with E-state index >= 15 is 0 Å². The van der Waals surface area contributed by atoms with Crippen molar-refractivity contribution in [2.24, 2.45) is 0 Å². The van der Waals surface area contributed by atoms with Crippen molar-refractivity contribution < 1.29 is 9.47 Å². The monoisotopic (exact) mass is 256 g/mol. The molecular formula is C13H12N4O2. The first-order valence-corrected chi connectivity index (χ1v) is 5.49. The molecule has 2 rings (SSSR count). The summed E-state index contributed by atoms with van der Waals surface area (Å²) >= 11 is 0. The van der Waals surface area contributed by atoms with Crippen molar-refractivity contribution in [1.29, 1.82) is 5.26 Å². The van der Waals surface area contributed by atoms with Crippen LogP contribution in [0.3, 0.4) is 0 Å². The van der Waals surface area contributed by atoms with Crippen molar-refractivity contribution >= 4 is 5.69 Å². The first-order valence-electron chi connectivity index (χ1n) is 5.49. The highest BCUT2D eigenvalue weighted by atomic mass is 16.5. The van der Waals surface area contributed by atoms with E-state index in [2.05, 4.69) is 9.97 Å². The number of nitriles is 1. The third-order valence-electron chi connectivity index (χ3n) is 2.36. The van der Waals surface area contributed by atoms with Crippen molar-refractivity contribution in [1.82, 2.24) is 9.97 Å². The minimum absolute atomic E-state index is 0.112. The van der Waals surface area contributed by atoms with E-state index < -0.39 is 0 Å². The second-order valence-corrected chi connectivity index (χ2v) is 3.79. The molecule has 19 heavy (non-hydrogen) atoms. The Bertz CT molecular complexity index is 650. The molecule has 1 heterocycles. The Kier molecular flexibility index (Phi) is 3.48. The number of aromatic nitrogens is 2. The van der Waals surface area contributed by atoms with E-state index in [-0.39, 0.29) is 11.7 Å². The Balaban J connectivity index is 2.29. The van der Waals surface area contributed by atoms with Gasteiger partial charge >= 0.3 is 6.01 Å². The fraction of sp³-hybridized carbons (Fsp3) is 0.154. The van der Waals surface area contributed by atoms with Crippen LogP contribution in [0.25, 0.3) is 0 Å². The fourth-order valence-electron chi connectivity index (χ4n) is 1.53. The molecule has 0 atom stereocenters. The molecule has 1 aromatic carbocycles. The zero-order valence-corrected chi connectivity index (χ0v) is 10.5. The van der Waals surface area contributed by atoms with Gasteiger partial charge in [0.25, 0.3) is 0 Å². The lowest BCUT2D eigenvalue weighted by atomic mass is 10.3. The van der Waals surface area contributed by atoms with Gasteiger partial charge in [-0.3, -0.25) is 0 Å². The van der Waals surface area contributed by atoms with Gasteiger partial charge in [-0.25, -0.2) is 4.98 Å². The third-order valence-corrected chi connectivity index (χ3v) is 2.36. The van der Waals surface area contributed by atoms with E-state index in [4.69, 9.17) is 20.5 Å². The van der Waals surface area contributed by atoms with Crippen molar-refractivity contribution in [2.45, 2.75) is 6.92 Å². The molecule has 6 nitrogen and oxygen atoms in total. The Hall–Kier alpha value is -2.81. The lowest BCUT2D eigenvalue weighted by Gasteiger charge is -2.08. The first-order chi connectivity index (χ1) is 9.12. The van der Waals surface area contributed by atoms with Crippen LogP contribution in [0, 0.1) is 18.3 Å². The number of nitrogen functional groups attached to an aromatic ring is 1. The van der Waals surface area contributed by atoms with E-state index in [9.17, 15) is 0 Å². The minimum Gasteiger partial charge on any atom is -0.495 e. The number of ether oxygens (including phenoxy) is 2. The summed E-state index contributed by atoms with van der Waals surface area (Å²) in [5, 5.41) is 8.83. The molecule has 0 amide bonds. The molecular weight excluding hydrogens is 244 g/mol. The number of hydrogen-bond acceptors (Lipinski definition) is 6. The van der Waals surface area contributed by atoms with Crippen LogP contribution in [0.1, 0.15) is 11.4 Å². The summed E-state index contributed by atoms with van der Waals surface area (Å²) in [5.74, 6) is 1.04. The summed E-state index contributed by atoms with van der Waals surface area (Å²) in [4.78, 5) is 8.05. The van der Waals surface area contributed by atoms with Crippen molar-refractivity contribution in [2.75, 3.05) is 12.8 Å². The van der Waals surface area contributed by atoms with Crippen molar-refractivity contribution in [3.8, 4) is 23.6 Å². The van der Waals surface area contributed by atoms with E-state index in [1.807, 2.05) is 6.07 Å². The average Bonchev–Trinajstić information content (AvgIpc) is 2.38. The van der Waals surface area contributed by atoms with Gasteiger partial charge in [-0.05, 0) is 25.1 Å². The Morgan fingerprint density at radius 1 is 1.26 bits per heavy atom. The van der Waals surface area contributed by atoms with E-state index in [1.165, 1.54) is 7.11 Å². The predicted octanol–water partition coefficient (Wildman–Crippen LogP) is 2.04. The Labute approximate surface area is 110 Å². The largest absolute Gasteiger partial charge is 0.495 e. The number of nitrogens with zero attached hydrogens (tertiary/aromatic N) is 3. The molecule has 2 aromatic rings. The number of anilines is 1. The van der Waals surface area contributed by atoms with Crippen LogP contribution in [-0.2, 0) is 0 Å². The summed E-state index contributed by atoms with van der Waals surface area (Å²) in [6.45, 7) is 1.76. The van der Waals surface area contributed by atoms with Crippen LogP contribution in [0.4, 0.5) is 5.69 Å². The van der Waals surface area contributed by atoms with Crippen LogP contribution >= 0.6 is 0 Å². The summed E-state index contributed by atoms with van der Waals surface area (Å²) in [6, 6.07) is 8.62. The van der Waals surface area contributed by atoms with Crippen LogP contribution in [-0.4, -0.2) is 17.1 Å². The molecule has 0 aliphatic carbocycles. The Morgan fingerprint density at radius 3 is 2.68 bits per heavy atom. The molecule has 0 spiro atoms. The van der Waals surface area contributed by atoms with Gasteiger partial charge in [-0.2, -0.15) is 10.2 Å². The Morgan fingerprint density at radius 2 is 2.05 bits per heavy atom. The van der Waals surface area contributed by atoms with Crippen molar-refractivity contribution in [3.63, 3.8) is 0 Å². The van der Waals surface area contributed by atoms with Gasteiger partial charge in [0.15, 0.2) is 0 Å². The standard InChI is InChI=1S/C13H12N4O2/c1-8-5-9(7-14)17-13(16-8)19-10-3-4-12(18-2)11(15)6-10/h3-6H,15H2,1-2H3. The van der Waals surface area contributed by atoms with Gasteiger partial charge in [-0.1, -0.05) is 0 Å². The average molecular weight is 256 g/mol. The molecule has 96 valence electrons. The number of methoxy groups -OCH3 is 1. The molecule has 0 saturated carbocycles. The highest BCUT2D eigenvalue weighted by molar-refractivity contribution is 5.56. The highest BCUT2D eigenvalue weighted by Crippen LogP contribution is 2.28. The van der Waals surface area contributed by atoms with Gasteiger partial charge in [0, 0.05) is 11.8 Å². The number of hydrogen-bond donors (Lipinski definition) is 1. The first kappa shape index (κ1) is 12.6. The topological polar surface area (TPSA) is 94.0 Å². The van der Waals surface area contributed by atoms with Crippen molar-refractivity contribution in [3.05, 3.63) is 35.7 Å². The van der Waals surface area contributed by atoms with Gasteiger partial charge in [0.1, 0.15) is 23.3 Å². The molecule has 0 unspecified atom stereocenters. The molecule has 0 aliphatic heterocycles. The van der Waals surface area contributed by atoms with Crippen LogP contribution < -0.4 is 15.2 Å². The molecule has 0 saturated heterocycles. The zero-order chi connectivity index (χ0) is 13.8. The lowest BCUT2D eigenvalue weighted by molar-refractivity contribution is 0.412. The molecule has 0 aliphatic rings. The zero-order valence-electron chi connectivity index (χ0n) is 10.5. The maximum atomic E-state index is 8.83. The molecule has 0 radical (unpaired) electrons. The number of benzene rings is 1. The van der Waals surface area contributed by atoms with Gasteiger partial charge in [0.05, 0.1) is 12.8 Å².